The molecular formula is C10H15N3O. The molecule has 0 unspecified atom stereocenters. The van der Waals surface area contributed by atoms with Crippen LogP contribution in [0.25, 0.3) is 6.20 Å². The highest BCUT2D eigenvalue weighted by Gasteiger charge is 2.14. The number of rotatable bonds is 3. The zero-order valence-corrected chi connectivity index (χ0v) is 8.15. The maximum absolute atomic E-state index is 5.77. The third-order valence-electron chi connectivity index (χ3n) is 2.35. The first-order valence-electron chi connectivity index (χ1n) is 4.92. The van der Waals surface area contributed by atoms with Crippen molar-refractivity contribution in [3.63, 3.8) is 0 Å². The highest BCUT2D eigenvalue weighted by Crippen LogP contribution is 2.15. The zero-order chi connectivity index (χ0) is 9.80. The Hall–Kier alpha value is -1.29. The standard InChI is InChI=1S/C10H15N3O/c1-2-13-8-10(7-12-13)14-9-3-5-11-6-4-9/h2,7-9,11H,1,3-6H2. The number of hydrogen-bond acceptors (Lipinski definition) is 3. The highest BCUT2D eigenvalue weighted by molar-refractivity contribution is 5.21. The minimum Gasteiger partial charge on any atom is -0.487 e. The zero-order valence-electron chi connectivity index (χ0n) is 8.15. The first-order valence-corrected chi connectivity index (χ1v) is 4.92. The van der Waals surface area contributed by atoms with Crippen LogP contribution >= 0.6 is 0 Å². The van der Waals surface area contributed by atoms with Crippen molar-refractivity contribution in [3.8, 4) is 5.75 Å². The SMILES string of the molecule is C=Cn1cc(OC2CCNCC2)cn1. The van der Waals surface area contributed by atoms with Gasteiger partial charge in [0.05, 0.1) is 12.4 Å². The summed E-state index contributed by atoms with van der Waals surface area (Å²) >= 11 is 0. The van der Waals surface area contributed by atoms with Crippen molar-refractivity contribution < 1.29 is 4.74 Å². The maximum atomic E-state index is 5.77. The van der Waals surface area contributed by atoms with Gasteiger partial charge in [0, 0.05) is 6.20 Å². The summed E-state index contributed by atoms with van der Waals surface area (Å²) in [5.74, 6) is 0.830. The molecular weight excluding hydrogens is 178 g/mol. The lowest BCUT2D eigenvalue weighted by atomic mass is 10.1. The van der Waals surface area contributed by atoms with Crippen LogP contribution in [0, 0.1) is 0 Å². The summed E-state index contributed by atoms with van der Waals surface area (Å²) in [6.07, 6.45) is 7.69. The van der Waals surface area contributed by atoms with E-state index in [4.69, 9.17) is 4.74 Å². The van der Waals surface area contributed by atoms with E-state index in [1.54, 1.807) is 17.1 Å². The van der Waals surface area contributed by atoms with E-state index < -0.39 is 0 Å². The minimum absolute atomic E-state index is 0.332. The lowest BCUT2D eigenvalue weighted by molar-refractivity contribution is 0.162. The molecule has 1 aromatic heterocycles. The van der Waals surface area contributed by atoms with Gasteiger partial charge < -0.3 is 10.1 Å². The Morgan fingerprint density at radius 1 is 1.57 bits per heavy atom. The fourth-order valence-electron chi connectivity index (χ4n) is 1.59. The van der Waals surface area contributed by atoms with Crippen LogP contribution in [0.5, 0.6) is 5.75 Å². The number of nitrogens with zero attached hydrogens (tertiary/aromatic N) is 2. The Bertz CT molecular complexity index is 302. The van der Waals surface area contributed by atoms with Crippen LogP contribution in [0.15, 0.2) is 19.0 Å². The van der Waals surface area contributed by atoms with E-state index in [9.17, 15) is 0 Å². The van der Waals surface area contributed by atoms with Gasteiger partial charge in [-0.1, -0.05) is 6.58 Å². The van der Waals surface area contributed by atoms with Crippen molar-refractivity contribution in [2.45, 2.75) is 18.9 Å². The molecule has 0 saturated carbocycles. The summed E-state index contributed by atoms with van der Waals surface area (Å²) in [5.41, 5.74) is 0. The van der Waals surface area contributed by atoms with Gasteiger partial charge in [-0.3, -0.25) is 0 Å². The minimum atomic E-state index is 0.332. The van der Waals surface area contributed by atoms with Gasteiger partial charge >= 0.3 is 0 Å². The van der Waals surface area contributed by atoms with Gasteiger partial charge in [0.2, 0.25) is 0 Å². The molecule has 1 fully saturated rings. The molecule has 0 amide bonds. The second-order valence-electron chi connectivity index (χ2n) is 3.41. The van der Waals surface area contributed by atoms with Crippen LogP contribution in [0.4, 0.5) is 0 Å². The molecule has 14 heavy (non-hydrogen) atoms. The third kappa shape index (κ3) is 2.14. The van der Waals surface area contributed by atoms with Gasteiger partial charge in [0.1, 0.15) is 6.10 Å². The Morgan fingerprint density at radius 2 is 2.36 bits per heavy atom. The van der Waals surface area contributed by atoms with Crippen molar-refractivity contribution >= 4 is 6.20 Å². The smallest absolute Gasteiger partial charge is 0.158 e. The third-order valence-corrected chi connectivity index (χ3v) is 2.35. The molecule has 76 valence electrons. The number of nitrogens with one attached hydrogen (secondary N) is 1. The molecule has 4 heteroatoms. The summed E-state index contributed by atoms with van der Waals surface area (Å²) in [5, 5.41) is 7.36. The highest BCUT2D eigenvalue weighted by atomic mass is 16.5. The largest absolute Gasteiger partial charge is 0.487 e. The first kappa shape index (κ1) is 9.27. The summed E-state index contributed by atoms with van der Waals surface area (Å²) < 4.78 is 7.42. The monoisotopic (exact) mass is 193 g/mol. The van der Waals surface area contributed by atoms with Gasteiger partial charge in [0.25, 0.3) is 0 Å². The molecule has 0 spiro atoms. The fourth-order valence-corrected chi connectivity index (χ4v) is 1.59. The molecule has 1 N–H and O–H groups in total. The van der Waals surface area contributed by atoms with Gasteiger partial charge in [0.15, 0.2) is 5.75 Å². The van der Waals surface area contributed by atoms with Crippen LogP contribution in [0.1, 0.15) is 12.8 Å². The van der Waals surface area contributed by atoms with Crippen LogP contribution in [-0.4, -0.2) is 29.0 Å². The second-order valence-corrected chi connectivity index (χ2v) is 3.41. The molecule has 2 rings (SSSR count). The number of aromatic nitrogens is 2. The molecule has 4 nitrogen and oxygen atoms in total. The van der Waals surface area contributed by atoms with Crippen molar-refractivity contribution in [1.29, 1.82) is 0 Å². The predicted octanol–water partition coefficient (Wildman–Crippen LogP) is 1.11. The average Bonchev–Trinajstić information content (AvgIpc) is 2.67. The Labute approximate surface area is 83.6 Å². The lowest BCUT2D eigenvalue weighted by Gasteiger charge is -2.22. The van der Waals surface area contributed by atoms with E-state index in [0.29, 0.717) is 6.10 Å². The Morgan fingerprint density at radius 3 is 3.00 bits per heavy atom. The van der Waals surface area contributed by atoms with Gasteiger partial charge in [-0.15, -0.1) is 0 Å². The van der Waals surface area contributed by atoms with E-state index in [0.717, 1.165) is 31.7 Å². The Balaban J connectivity index is 1.92. The van der Waals surface area contributed by atoms with E-state index >= 15 is 0 Å². The molecule has 0 bridgehead atoms. The van der Waals surface area contributed by atoms with Crippen molar-refractivity contribution in [1.82, 2.24) is 15.1 Å². The van der Waals surface area contributed by atoms with Crippen LogP contribution in [-0.2, 0) is 0 Å². The lowest BCUT2D eigenvalue weighted by Crippen LogP contribution is -2.34. The average molecular weight is 193 g/mol. The number of piperidine rings is 1. The number of hydrogen-bond donors (Lipinski definition) is 1. The molecule has 0 atom stereocenters. The summed E-state index contributed by atoms with van der Waals surface area (Å²) in [6.45, 7) is 5.71. The van der Waals surface area contributed by atoms with Crippen LogP contribution in [0.3, 0.4) is 0 Å². The van der Waals surface area contributed by atoms with Crippen molar-refractivity contribution in [2.75, 3.05) is 13.1 Å². The molecule has 1 aromatic rings. The second kappa shape index (κ2) is 4.28. The Kier molecular flexibility index (Phi) is 2.84. The normalized spacial score (nSPS) is 18.0. The van der Waals surface area contributed by atoms with Gasteiger partial charge in [-0.05, 0) is 25.9 Å². The molecule has 1 saturated heterocycles. The molecule has 2 heterocycles. The van der Waals surface area contributed by atoms with Crippen LogP contribution in [0.2, 0.25) is 0 Å². The maximum Gasteiger partial charge on any atom is 0.158 e. The van der Waals surface area contributed by atoms with E-state index in [1.165, 1.54) is 0 Å². The molecule has 1 aliphatic rings. The molecule has 1 aliphatic heterocycles. The quantitative estimate of drug-likeness (QED) is 0.781. The summed E-state index contributed by atoms with van der Waals surface area (Å²) in [4.78, 5) is 0. The fraction of sp³-hybridized carbons (Fsp3) is 0.500. The van der Waals surface area contributed by atoms with E-state index in [1.807, 2.05) is 6.20 Å². The summed E-state index contributed by atoms with van der Waals surface area (Å²) in [6, 6.07) is 0. The number of ether oxygens (including phenoxy) is 1. The molecule has 0 aliphatic carbocycles. The van der Waals surface area contributed by atoms with Gasteiger partial charge in [-0.25, -0.2) is 4.68 Å². The predicted molar refractivity (Wildman–Crippen MR) is 55.1 cm³/mol. The molecule has 0 radical (unpaired) electrons. The first-order chi connectivity index (χ1) is 6.88. The van der Waals surface area contributed by atoms with E-state index in [-0.39, 0.29) is 0 Å². The summed E-state index contributed by atoms with van der Waals surface area (Å²) in [7, 11) is 0. The molecule has 0 aromatic carbocycles. The van der Waals surface area contributed by atoms with Gasteiger partial charge in [-0.2, -0.15) is 5.10 Å². The topological polar surface area (TPSA) is 39.1 Å². The van der Waals surface area contributed by atoms with Crippen molar-refractivity contribution in [3.05, 3.63) is 19.0 Å². The van der Waals surface area contributed by atoms with E-state index in [2.05, 4.69) is 17.0 Å². The van der Waals surface area contributed by atoms with Crippen LogP contribution < -0.4 is 10.1 Å². The van der Waals surface area contributed by atoms with Crippen molar-refractivity contribution in [2.24, 2.45) is 0 Å².